The van der Waals surface area contributed by atoms with Crippen LogP contribution in [0.2, 0.25) is 0 Å². The predicted molar refractivity (Wildman–Crippen MR) is 108 cm³/mol. The standard InChI is InChI=1S/C21H20N6O2/c1-25-10-12-26(13-11-25)21(29)18-17-4-2-3-9-27(17)19(24-18)20(28)23-16-7-5-15(14-22)6-8-16/h2-9H,10-13H2,1H3,(H,23,28). The summed E-state index contributed by atoms with van der Waals surface area (Å²) in [5.74, 6) is -0.449. The molecule has 3 aromatic rings. The number of rotatable bonds is 3. The molecule has 2 amide bonds. The first-order chi connectivity index (χ1) is 14.1. The van der Waals surface area contributed by atoms with Crippen LogP contribution in [0, 0.1) is 11.3 Å². The van der Waals surface area contributed by atoms with E-state index in [-0.39, 0.29) is 17.4 Å². The minimum atomic E-state index is -0.423. The summed E-state index contributed by atoms with van der Waals surface area (Å²) in [6.07, 6.45) is 1.72. The number of nitriles is 1. The van der Waals surface area contributed by atoms with Crippen molar-refractivity contribution in [3.8, 4) is 6.07 Å². The highest BCUT2D eigenvalue weighted by Gasteiger charge is 2.27. The number of fused-ring (bicyclic) bond motifs is 1. The van der Waals surface area contributed by atoms with E-state index in [0.717, 1.165) is 13.1 Å². The molecule has 29 heavy (non-hydrogen) atoms. The number of aromatic nitrogens is 2. The van der Waals surface area contributed by atoms with Crippen LogP contribution in [0.5, 0.6) is 0 Å². The van der Waals surface area contributed by atoms with Gasteiger partial charge in [-0.2, -0.15) is 5.26 Å². The topological polar surface area (TPSA) is 93.7 Å². The Bertz CT molecular complexity index is 1100. The summed E-state index contributed by atoms with van der Waals surface area (Å²) in [5, 5.41) is 11.7. The molecule has 0 aliphatic carbocycles. The van der Waals surface area contributed by atoms with Crippen LogP contribution < -0.4 is 5.32 Å². The number of anilines is 1. The number of likely N-dealkylation sites (N-methyl/N-ethyl adjacent to an activating group) is 1. The van der Waals surface area contributed by atoms with Crippen molar-refractivity contribution >= 4 is 23.0 Å². The van der Waals surface area contributed by atoms with Gasteiger partial charge in [0.1, 0.15) is 0 Å². The van der Waals surface area contributed by atoms with Crippen molar-refractivity contribution in [2.24, 2.45) is 0 Å². The minimum Gasteiger partial charge on any atom is -0.335 e. The summed E-state index contributed by atoms with van der Waals surface area (Å²) in [6, 6.07) is 14.0. The van der Waals surface area contributed by atoms with E-state index in [0.29, 0.717) is 29.9 Å². The van der Waals surface area contributed by atoms with Gasteiger partial charge < -0.3 is 15.1 Å². The number of carbonyl (C=O) groups excluding carboxylic acids is 2. The Morgan fingerprint density at radius 2 is 1.79 bits per heavy atom. The van der Waals surface area contributed by atoms with Crippen LogP contribution in [-0.2, 0) is 0 Å². The number of imidazole rings is 1. The highest BCUT2D eigenvalue weighted by molar-refractivity contribution is 6.06. The van der Waals surface area contributed by atoms with Crippen molar-refractivity contribution in [1.82, 2.24) is 19.2 Å². The van der Waals surface area contributed by atoms with Gasteiger partial charge in [-0.1, -0.05) is 6.07 Å². The number of amides is 2. The van der Waals surface area contributed by atoms with E-state index in [1.165, 1.54) is 0 Å². The molecule has 0 atom stereocenters. The van der Waals surface area contributed by atoms with E-state index in [4.69, 9.17) is 5.26 Å². The van der Waals surface area contributed by atoms with Crippen molar-refractivity contribution in [2.75, 3.05) is 38.5 Å². The Labute approximate surface area is 168 Å². The number of carbonyl (C=O) groups is 2. The lowest BCUT2D eigenvalue weighted by Crippen LogP contribution is -2.47. The third kappa shape index (κ3) is 3.68. The molecule has 146 valence electrons. The largest absolute Gasteiger partial charge is 0.335 e. The smallest absolute Gasteiger partial charge is 0.292 e. The van der Waals surface area contributed by atoms with Crippen LogP contribution in [0.1, 0.15) is 26.7 Å². The number of nitrogens with zero attached hydrogens (tertiary/aromatic N) is 5. The van der Waals surface area contributed by atoms with E-state index < -0.39 is 5.91 Å². The molecule has 4 rings (SSSR count). The van der Waals surface area contributed by atoms with E-state index in [2.05, 4.69) is 15.2 Å². The van der Waals surface area contributed by atoms with Crippen LogP contribution in [0.15, 0.2) is 48.7 Å². The summed E-state index contributed by atoms with van der Waals surface area (Å²) >= 11 is 0. The van der Waals surface area contributed by atoms with Gasteiger partial charge in [0.2, 0.25) is 5.82 Å². The molecule has 0 spiro atoms. The summed E-state index contributed by atoms with van der Waals surface area (Å²) in [6.45, 7) is 2.88. The van der Waals surface area contributed by atoms with Crippen LogP contribution in [-0.4, -0.2) is 64.2 Å². The lowest BCUT2D eigenvalue weighted by Gasteiger charge is -2.32. The van der Waals surface area contributed by atoms with Crippen LogP contribution in [0.25, 0.3) is 5.52 Å². The molecule has 0 bridgehead atoms. The Morgan fingerprint density at radius 3 is 2.48 bits per heavy atom. The third-order valence-electron chi connectivity index (χ3n) is 5.02. The summed E-state index contributed by atoms with van der Waals surface area (Å²) < 4.78 is 1.63. The molecular formula is C21H20N6O2. The highest BCUT2D eigenvalue weighted by Crippen LogP contribution is 2.18. The minimum absolute atomic E-state index is 0.141. The maximum atomic E-state index is 13.1. The van der Waals surface area contributed by atoms with E-state index in [1.807, 2.05) is 19.2 Å². The Hall–Kier alpha value is -3.70. The number of pyridine rings is 1. The highest BCUT2D eigenvalue weighted by atomic mass is 16.2. The Kier molecular flexibility index (Phi) is 4.97. The molecule has 0 saturated carbocycles. The van der Waals surface area contributed by atoms with Crippen molar-refractivity contribution in [2.45, 2.75) is 0 Å². The van der Waals surface area contributed by atoms with Crippen LogP contribution in [0.3, 0.4) is 0 Å². The van der Waals surface area contributed by atoms with Crippen molar-refractivity contribution in [3.05, 3.63) is 65.7 Å². The molecule has 0 radical (unpaired) electrons. The molecule has 3 heterocycles. The number of benzene rings is 1. The van der Waals surface area contributed by atoms with Gasteiger partial charge in [0.05, 0.1) is 17.1 Å². The summed E-state index contributed by atoms with van der Waals surface area (Å²) in [5.41, 5.74) is 1.93. The molecule has 1 aliphatic rings. The summed E-state index contributed by atoms with van der Waals surface area (Å²) in [7, 11) is 2.03. The Balaban J connectivity index is 1.64. The zero-order chi connectivity index (χ0) is 20.4. The van der Waals surface area contributed by atoms with Gasteiger partial charge in [-0.3, -0.25) is 14.0 Å². The van der Waals surface area contributed by atoms with Gasteiger partial charge in [0.15, 0.2) is 5.69 Å². The molecule has 1 fully saturated rings. The molecule has 0 unspecified atom stereocenters. The maximum Gasteiger partial charge on any atom is 0.292 e. The molecule has 1 saturated heterocycles. The number of piperazine rings is 1. The SMILES string of the molecule is CN1CCN(C(=O)c2nc(C(=O)Nc3ccc(C#N)cc3)n3ccccc23)CC1. The second-order valence-electron chi connectivity index (χ2n) is 6.98. The van der Waals surface area contributed by atoms with Gasteiger partial charge in [-0.05, 0) is 43.4 Å². The van der Waals surface area contributed by atoms with Crippen LogP contribution >= 0.6 is 0 Å². The second-order valence-corrected chi connectivity index (χ2v) is 6.98. The predicted octanol–water partition coefficient (Wildman–Crippen LogP) is 1.85. The fourth-order valence-corrected chi connectivity index (χ4v) is 3.33. The Morgan fingerprint density at radius 1 is 1.07 bits per heavy atom. The van der Waals surface area contributed by atoms with Gasteiger partial charge in [-0.25, -0.2) is 4.98 Å². The monoisotopic (exact) mass is 388 g/mol. The van der Waals surface area contributed by atoms with Crippen molar-refractivity contribution < 1.29 is 9.59 Å². The lowest BCUT2D eigenvalue weighted by atomic mass is 10.2. The number of nitrogens with one attached hydrogen (secondary N) is 1. The first kappa shape index (κ1) is 18.7. The molecule has 8 nitrogen and oxygen atoms in total. The zero-order valence-electron chi connectivity index (χ0n) is 16.0. The average molecular weight is 388 g/mol. The van der Waals surface area contributed by atoms with Gasteiger partial charge >= 0.3 is 0 Å². The average Bonchev–Trinajstić information content (AvgIpc) is 3.14. The third-order valence-corrected chi connectivity index (χ3v) is 5.02. The van der Waals surface area contributed by atoms with E-state index >= 15 is 0 Å². The van der Waals surface area contributed by atoms with Gasteiger partial charge in [0, 0.05) is 38.1 Å². The lowest BCUT2D eigenvalue weighted by molar-refractivity contribution is 0.0661. The van der Waals surface area contributed by atoms with E-state index in [9.17, 15) is 9.59 Å². The normalized spacial score (nSPS) is 14.6. The first-order valence-corrected chi connectivity index (χ1v) is 9.33. The summed E-state index contributed by atoms with van der Waals surface area (Å²) in [4.78, 5) is 34.3. The second kappa shape index (κ2) is 7.73. The van der Waals surface area contributed by atoms with Crippen molar-refractivity contribution in [1.29, 1.82) is 5.26 Å². The zero-order valence-corrected chi connectivity index (χ0v) is 16.0. The number of hydrogen-bond donors (Lipinski definition) is 1. The molecule has 8 heteroatoms. The molecule has 1 aromatic carbocycles. The molecule has 1 aliphatic heterocycles. The molecule has 1 N–H and O–H groups in total. The number of hydrogen-bond acceptors (Lipinski definition) is 5. The molecular weight excluding hydrogens is 368 g/mol. The fourth-order valence-electron chi connectivity index (χ4n) is 3.33. The maximum absolute atomic E-state index is 13.1. The fraction of sp³-hybridized carbons (Fsp3) is 0.238. The van der Waals surface area contributed by atoms with Crippen LogP contribution in [0.4, 0.5) is 5.69 Å². The first-order valence-electron chi connectivity index (χ1n) is 9.33. The molecule has 2 aromatic heterocycles. The van der Waals surface area contributed by atoms with Gasteiger partial charge in [-0.15, -0.1) is 0 Å². The van der Waals surface area contributed by atoms with E-state index in [1.54, 1.807) is 51.9 Å². The quantitative estimate of drug-likeness (QED) is 0.739. The van der Waals surface area contributed by atoms with Crippen molar-refractivity contribution in [3.63, 3.8) is 0 Å². The van der Waals surface area contributed by atoms with Gasteiger partial charge in [0.25, 0.3) is 11.8 Å².